The number of aryl methyl sites for hydroxylation is 1. The summed E-state index contributed by atoms with van der Waals surface area (Å²) >= 11 is 0. The number of benzene rings is 1. The second-order valence-corrected chi connectivity index (χ2v) is 8.81. The third-order valence-electron chi connectivity index (χ3n) is 6.34. The topological polar surface area (TPSA) is 80.9 Å². The van der Waals surface area contributed by atoms with Gasteiger partial charge in [-0.25, -0.2) is 14.5 Å². The van der Waals surface area contributed by atoms with Crippen LogP contribution < -0.4 is 0 Å². The molecule has 0 unspecified atom stereocenters. The molecule has 2 aromatic heterocycles. The van der Waals surface area contributed by atoms with Crippen LogP contribution in [-0.4, -0.2) is 30.8 Å². The molecule has 0 bridgehead atoms. The Labute approximate surface area is 189 Å². The number of hydrogen-bond donors (Lipinski definition) is 1. The molecule has 0 aliphatic heterocycles. The predicted octanol–water partition coefficient (Wildman–Crippen LogP) is 5.55. The van der Waals surface area contributed by atoms with Crippen LogP contribution in [0.25, 0.3) is 11.3 Å². The summed E-state index contributed by atoms with van der Waals surface area (Å²) in [6.45, 7) is 3.10. The van der Waals surface area contributed by atoms with Crippen LogP contribution in [0.5, 0.6) is 0 Å². The van der Waals surface area contributed by atoms with Crippen LogP contribution in [0, 0.1) is 5.92 Å². The zero-order valence-electron chi connectivity index (χ0n) is 18.8. The van der Waals surface area contributed by atoms with Gasteiger partial charge in [-0.15, -0.1) is 0 Å². The smallest absolute Gasteiger partial charge is 0.337 e. The maximum absolute atomic E-state index is 11.5. The molecule has 2 heterocycles. The monoisotopic (exact) mass is 432 g/mol. The minimum absolute atomic E-state index is 0.215. The molecule has 1 aliphatic carbocycles. The van der Waals surface area contributed by atoms with Gasteiger partial charge in [0.05, 0.1) is 11.3 Å². The quantitative estimate of drug-likeness (QED) is 0.479. The molecule has 6 heteroatoms. The van der Waals surface area contributed by atoms with Crippen LogP contribution in [0.4, 0.5) is 0 Å². The van der Waals surface area contributed by atoms with Crippen LogP contribution in [0.2, 0.25) is 0 Å². The highest BCUT2D eigenvalue weighted by Crippen LogP contribution is 2.26. The first kappa shape index (κ1) is 22.2. The average Bonchev–Trinajstić information content (AvgIpc) is 3.19. The maximum Gasteiger partial charge on any atom is 0.337 e. The highest BCUT2D eigenvalue weighted by Gasteiger charge is 2.18. The van der Waals surface area contributed by atoms with Crippen molar-refractivity contribution in [1.82, 2.24) is 19.7 Å². The molecular formula is C26H32N4O2. The van der Waals surface area contributed by atoms with Gasteiger partial charge in [-0.05, 0) is 30.0 Å². The zero-order chi connectivity index (χ0) is 22.3. The molecule has 6 nitrogen and oxygen atoms in total. The maximum atomic E-state index is 11.5. The van der Waals surface area contributed by atoms with E-state index in [2.05, 4.69) is 16.6 Å². The molecule has 3 aromatic rings. The predicted molar refractivity (Wildman–Crippen MR) is 125 cm³/mol. The largest absolute Gasteiger partial charge is 0.478 e. The second kappa shape index (κ2) is 10.5. The van der Waals surface area contributed by atoms with Crippen molar-refractivity contribution in [1.29, 1.82) is 0 Å². The van der Waals surface area contributed by atoms with E-state index in [1.165, 1.54) is 32.1 Å². The minimum atomic E-state index is -0.966. The normalized spacial score (nSPS) is 14.5. The lowest BCUT2D eigenvalue weighted by atomic mass is 9.87. The van der Waals surface area contributed by atoms with E-state index < -0.39 is 5.97 Å². The van der Waals surface area contributed by atoms with Crippen molar-refractivity contribution in [2.24, 2.45) is 5.92 Å². The Morgan fingerprint density at radius 1 is 1.12 bits per heavy atom. The number of pyridine rings is 1. The standard InChI is InChI=1S/C26H32N4O2/c1-2-3-16-30-24(28-23(29-30)17-19-8-5-4-6-9-19)18-20-11-13-21(14-12-20)25-22(26(31)32)10-7-15-27-25/h7,10-15,19H,2-6,8-9,16-18H2,1H3,(H,31,32). The SMILES string of the molecule is CCCCn1nc(CC2CCCCC2)nc1Cc1ccc(-c2ncccc2C(=O)O)cc1. The van der Waals surface area contributed by atoms with Crippen molar-refractivity contribution in [3.63, 3.8) is 0 Å². The highest BCUT2D eigenvalue weighted by molar-refractivity contribution is 5.94. The molecular weight excluding hydrogens is 400 g/mol. The lowest BCUT2D eigenvalue weighted by Crippen LogP contribution is -2.10. The molecule has 0 spiro atoms. The third kappa shape index (κ3) is 5.42. The van der Waals surface area contributed by atoms with Gasteiger partial charge in [-0.3, -0.25) is 4.98 Å². The Morgan fingerprint density at radius 3 is 2.62 bits per heavy atom. The van der Waals surface area contributed by atoms with Crippen LogP contribution >= 0.6 is 0 Å². The van der Waals surface area contributed by atoms with Crippen LogP contribution in [0.1, 0.15) is 79.4 Å². The van der Waals surface area contributed by atoms with Gasteiger partial charge in [0.15, 0.2) is 5.82 Å². The van der Waals surface area contributed by atoms with E-state index >= 15 is 0 Å². The fourth-order valence-electron chi connectivity index (χ4n) is 4.55. The van der Waals surface area contributed by atoms with Gasteiger partial charge in [-0.2, -0.15) is 5.10 Å². The Bertz CT molecular complexity index is 1040. The zero-order valence-corrected chi connectivity index (χ0v) is 18.8. The number of aromatic nitrogens is 4. The van der Waals surface area contributed by atoms with Gasteiger partial charge in [0.2, 0.25) is 0 Å². The molecule has 0 saturated heterocycles. The van der Waals surface area contributed by atoms with Crippen molar-refractivity contribution in [3.8, 4) is 11.3 Å². The summed E-state index contributed by atoms with van der Waals surface area (Å²) in [5.41, 5.74) is 2.65. The molecule has 1 N–H and O–H groups in total. The summed E-state index contributed by atoms with van der Waals surface area (Å²) in [6.07, 6.45) is 12.2. The summed E-state index contributed by atoms with van der Waals surface area (Å²) in [5.74, 6) is 1.76. The lowest BCUT2D eigenvalue weighted by Gasteiger charge is -2.19. The molecule has 4 rings (SSSR count). The Morgan fingerprint density at radius 2 is 1.91 bits per heavy atom. The van der Waals surface area contributed by atoms with E-state index in [0.29, 0.717) is 5.69 Å². The molecule has 1 fully saturated rings. The van der Waals surface area contributed by atoms with E-state index in [1.54, 1.807) is 18.3 Å². The summed E-state index contributed by atoms with van der Waals surface area (Å²) in [6, 6.07) is 11.2. The molecule has 0 atom stereocenters. The van der Waals surface area contributed by atoms with Crippen LogP contribution in [0.15, 0.2) is 42.6 Å². The highest BCUT2D eigenvalue weighted by atomic mass is 16.4. The number of unbranched alkanes of at least 4 members (excludes halogenated alkanes) is 1. The Hall–Kier alpha value is -3.02. The molecule has 1 saturated carbocycles. The lowest BCUT2D eigenvalue weighted by molar-refractivity contribution is 0.0697. The summed E-state index contributed by atoms with van der Waals surface area (Å²) < 4.78 is 2.09. The molecule has 1 aliphatic rings. The van der Waals surface area contributed by atoms with E-state index in [0.717, 1.165) is 60.9 Å². The number of aromatic carboxylic acids is 1. The van der Waals surface area contributed by atoms with Crippen LogP contribution in [-0.2, 0) is 19.4 Å². The molecule has 168 valence electrons. The molecule has 32 heavy (non-hydrogen) atoms. The van der Waals surface area contributed by atoms with Gasteiger partial charge in [0.1, 0.15) is 5.82 Å². The third-order valence-corrected chi connectivity index (χ3v) is 6.34. The fraction of sp³-hybridized carbons (Fsp3) is 0.462. The van der Waals surface area contributed by atoms with Gasteiger partial charge in [0, 0.05) is 31.1 Å². The van der Waals surface area contributed by atoms with E-state index in [9.17, 15) is 9.90 Å². The Kier molecular flexibility index (Phi) is 7.30. The minimum Gasteiger partial charge on any atom is -0.478 e. The summed E-state index contributed by atoms with van der Waals surface area (Å²) in [5, 5.41) is 14.3. The van der Waals surface area contributed by atoms with Gasteiger partial charge >= 0.3 is 5.97 Å². The van der Waals surface area contributed by atoms with Crippen molar-refractivity contribution < 1.29 is 9.90 Å². The summed E-state index contributed by atoms with van der Waals surface area (Å²) in [7, 11) is 0. The Balaban J connectivity index is 1.52. The number of carbonyl (C=O) groups is 1. The molecule has 0 radical (unpaired) electrons. The second-order valence-electron chi connectivity index (χ2n) is 8.81. The number of carboxylic acids is 1. The first-order valence-corrected chi connectivity index (χ1v) is 11.8. The van der Waals surface area contributed by atoms with Crippen LogP contribution in [0.3, 0.4) is 0 Å². The van der Waals surface area contributed by atoms with Crippen molar-refractivity contribution >= 4 is 5.97 Å². The fourth-order valence-corrected chi connectivity index (χ4v) is 4.55. The molecule has 1 aromatic carbocycles. The van der Waals surface area contributed by atoms with E-state index in [1.807, 2.05) is 24.3 Å². The van der Waals surface area contributed by atoms with Gasteiger partial charge in [-0.1, -0.05) is 69.7 Å². The first-order valence-electron chi connectivity index (χ1n) is 11.8. The van der Waals surface area contributed by atoms with Gasteiger partial charge in [0.25, 0.3) is 0 Å². The van der Waals surface area contributed by atoms with Crippen molar-refractivity contribution in [3.05, 3.63) is 65.4 Å². The van der Waals surface area contributed by atoms with Crippen molar-refractivity contribution in [2.45, 2.75) is 71.3 Å². The van der Waals surface area contributed by atoms with Gasteiger partial charge < -0.3 is 5.11 Å². The number of rotatable bonds is 9. The number of nitrogens with zero attached hydrogens (tertiary/aromatic N) is 4. The number of hydrogen-bond acceptors (Lipinski definition) is 4. The van der Waals surface area contributed by atoms with E-state index in [-0.39, 0.29) is 5.56 Å². The van der Waals surface area contributed by atoms with Crippen molar-refractivity contribution in [2.75, 3.05) is 0 Å². The summed E-state index contributed by atoms with van der Waals surface area (Å²) in [4.78, 5) is 20.7. The first-order chi connectivity index (χ1) is 15.6. The average molecular weight is 433 g/mol. The number of carboxylic acid groups (broad SMARTS) is 1. The molecule has 0 amide bonds. The van der Waals surface area contributed by atoms with E-state index in [4.69, 9.17) is 10.1 Å².